The summed E-state index contributed by atoms with van der Waals surface area (Å²) < 4.78 is 23.1. The molecule has 1 amide bonds. The number of hydrogen-bond donors (Lipinski definition) is 3. The Balaban J connectivity index is 1.38. The molecule has 8 nitrogen and oxygen atoms in total. The number of nitrogens with one attached hydrogen (secondary N) is 3. The van der Waals surface area contributed by atoms with Crippen molar-refractivity contribution in [2.24, 2.45) is 0 Å². The molecule has 0 spiro atoms. The van der Waals surface area contributed by atoms with E-state index in [1.807, 2.05) is 30.3 Å². The first-order valence-corrected chi connectivity index (χ1v) is 11.2. The SMILES string of the molecule is O=C(NCc1ccc2[nH]c(=O)[nH]c2c1)c1cccc(CN2CCS(=O)(=O)CC2)c1. The maximum absolute atomic E-state index is 12.5. The highest BCUT2D eigenvalue weighted by molar-refractivity contribution is 7.91. The summed E-state index contributed by atoms with van der Waals surface area (Å²) in [5.74, 6) is 0.184. The van der Waals surface area contributed by atoms with Crippen LogP contribution in [0.15, 0.2) is 47.3 Å². The van der Waals surface area contributed by atoms with Crippen molar-refractivity contribution in [2.75, 3.05) is 24.6 Å². The van der Waals surface area contributed by atoms with Gasteiger partial charge in [0, 0.05) is 31.7 Å². The fourth-order valence-corrected chi connectivity index (χ4v) is 4.73. The third-order valence-electron chi connectivity index (χ3n) is 5.07. The minimum Gasteiger partial charge on any atom is -0.348 e. The molecule has 1 saturated heterocycles. The molecule has 152 valence electrons. The largest absolute Gasteiger partial charge is 0.348 e. The highest BCUT2D eigenvalue weighted by Crippen LogP contribution is 2.13. The topological polar surface area (TPSA) is 115 Å². The first kappa shape index (κ1) is 19.4. The van der Waals surface area contributed by atoms with Crippen molar-refractivity contribution in [1.82, 2.24) is 20.2 Å². The molecule has 3 aromatic rings. The van der Waals surface area contributed by atoms with Gasteiger partial charge in [-0.25, -0.2) is 13.2 Å². The molecule has 1 fully saturated rings. The van der Waals surface area contributed by atoms with Crippen LogP contribution in [0.4, 0.5) is 0 Å². The molecule has 1 aromatic heterocycles. The van der Waals surface area contributed by atoms with E-state index in [2.05, 4.69) is 20.2 Å². The second-order valence-corrected chi connectivity index (χ2v) is 9.57. The third-order valence-corrected chi connectivity index (χ3v) is 6.68. The van der Waals surface area contributed by atoms with E-state index in [9.17, 15) is 18.0 Å². The number of aromatic nitrogens is 2. The number of carbonyl (C=O) groups is 1. The van der Waals surface area contributed by atoms with Gasteiger partial charge in [0.2, 0.25) is 0 Å². The standard InChI is InChI=1S/C20H22N4O4S/c25-19(21-12-14-4-5-17-18(11-14)23-20(26)22-17)16-3-1-2-15(10-16)13-24-6-8-29(27,28)9-7-24/h1-5,10-11H,6-9,12-13H2,(H,21,25)(H2,22,23,26). The van der Waals surface area contributed by atoms with Gasteiger partial charge in [0.1, 0.15) is 0 Å². The highest BCUT2D eigenvalue weighted by Gasteiger charge is 2.21. The lowest BCUT2D eigenvalue weighted by Gasteiger charge is -2.26. The molecule has 1 aliphatic rings. The molecule has 4 rings (SSSR count). The minimum atomic E-state index is -2.90. The van der Waals surface area contributed by atoms with Crippen molar-refractivity contribution < 1.29 is 13.2 Å². The summed E-state index contributed by atoms with van der Waals surface area (Å²) in [5.41, 5.74) is 3.58. The van der Waals surface area contributed by atoms with Gasteiger partial charge in [-0.15, -0.1) is 0 Å². The molecule has 0 atom stereocenters. The summed E-state index contributed by atoms with van der Waals surface area (Å²) >= 11 is 0. The van der Waals surface area contributed by atoms with Crippen molar-refractivity contribution in [3.8, 4) is 0 Å². The molecule has 0 radical (unpaired) electrons. The molecule has 29 heavy (non-hydrogen) atoms. The van der Waals surface area contributed by atoms with E-state index >= 15 is 0 Å². The van der Waals surface area contributed by atoms with Crippen molar-refractivity contribution >= 4 is 26.8 Å². The lowest BCUT2D eigenvalue weighted by atomic mass is 10.1. The van der Waals surface area contributed by atoms with Crippen LogP contribution in [0, 0.1) is 0 Å². The first-order chi connectivity index (χ1) is 13.9. The van der Waals surface area contributed by atoms with Crippen LogP contribution in [0.5, 0.6) is 0 Å². The van der Waals surface area contributed by atoms with Gasteiger partial charge in [0.05, 0.1) is 22.5 Å². The summed E-state index contributed by atoms with van der Waals surface area (Å²) in [4.78, 5) is 31.4. The van der Waals surface area contributed by atoms with Crippen LogP contribution in [0.2, 0.25) is 0 Å². The van der Waals surface area contributed by atoms with Crippen molar-refractivity contribution in [1.29, 1.82) is 0 Å². The molecule has 2 aromatic carbocycles. The number of aromatic amines is 2. The Bertz CT molecular complexity index is 1200. The number of benzene rings is 2. The van der Waals surface area contributed by atoms with E-state index in [1.165, 1.54) is 0 Å². The predicted molar refractivity (Wildman–Crippen MR) is 110 cm³/mol. The second-order valence-electron chi connectivity index (χ2n) is 7.27. The first-order valence-electron chi connectivity index (χ1n) is 9.39. The lowest BCUT2D eigenvalue weighted by Crippen LogP contribution is -2.39. The van der Waals surface area contributed by atoms with Gasteiger partial charge in [0.25, 0.3) is 5.91 Å². The van der Waals surface area contributed by atoms with Crippen molar-refractivity contribution in [3.05, 3.63) is 69.6 Å². The van der Waals surface area contributed by atoms with Crippen LogP contribution in [0.25, 0.3) is 11.0 Å². The molecule has 3 N–H and O–H groups in total. The van der Waals surface area contributed by atoms with Crippen LogP contribution >= 0.6 is 0 Å². The molecular weight excluding hydrogens is 392 g/mol. The van der Waals surface area contributed by atoms with Crippen LogP contribution in [0.3, 0.4) is 0 Å². The van der Waals surface area contributed by atoms with Gasteiger partial charge < -0.3 is 15.3 Å². The Hall–Kier alpha value is -2.91. The van der Waals surface area contributed by atoms with Gasteiger partial charge in [-0.2, -0.15) is 0 Å². The van der Waals surface area contributed by atoms with Crippen LogP contribution in [-0.4, -0.2) is 53.8 Å². The van der Waals surface area contributed by atoms with Gasteiger partial charge in [0.15, 0.2) is 9.84 Å². The van der Waals surface area contributed by atoms with Gasteiger partial charge >= 0.3 is 5.69 Å². The summed E-state index contributed by atoms with van der Waals surface area (Å²) in [6, 6.07) is 12.9. The Morgan fingerprint density at radius 3 is 2.55 bits per heavy atom. The van der Waals surface area contributed by atoms with Crippen LogP contribution < -0.4 is 11.0 Å². The Labute approximate surface area is 167 Å². The van der Waals surface area contributed by atoms with E-state index in [-0.39, 0.29) is 23.1 Å². The highest BCUT2D eigenvalue weighted by atomic mass is 32.2. The number of rotatable bonds is 5. The molecule has 2 heterocycles. The number of carbonyl (C=O) groups excluding carboxylic acids is 1. The van der Waals surface area contributed by atoms with E-state index < -0.39 is 9.84 Å². The maximum atomic E-state index is 12.5. The molecular formula is C20H22N4O4S. The number of hydrogen-bond acceptors (Lipinski definition) is 5. The zero-order chi connectivity index (χ0) is 20.4. The molecule has 0 saturated carbocycles. The quantitative estimate of drug-likeness (QED) is 0.577. The predicted octanol–water partition coefficient (Wildman–Crippen LogP) is 1.02. The van der Waals surface area contributed by atoms with Gasteiger partial charge in [-0.05, 0) is 35.4 Å². The number of amides is 1. The zero-order valence-electron chi connectivity index (χ0n) is 15.8. The summed E-state index contributed by atoms with van der Waals surface area (Å²) in [6.07, 6.45) is 0. The van der Waals surface area contributed by atoms with Gasteiger partial charge in [-0.1, -0.05) is 18.2 Å². The second kappa shape index (κ2) is 7.84. The minimum absolute atomic E-state index is 0.184. The normalized spacial score (nSPS) is 16.7. The van der Waals surface area contributed by atoms with E-state index in [4.69, 9.17) is 0 Å². The van der Waals surface area contributed by atoms with E-state index in [1.54, 1.807) is 12.1 Å². The zero-order valence-corrected chi connectivity index (χ0v) is 16.6. The average Bonchev–Trinajstić information content (AvgIpc) is 3.07. The Kier molecular flexibility index (Phi) is 5.25. The molecule has 0 unspecified atom stereocenters. The maximum Gasteiger partial charge on any atom is 0.323 e. The molecule has 0 aliphatic carbocycles. The Morgan fingerprint density at radius 1 is 1.00 bits per heavy atom. The molecule has 1 aliphatic heterocycles. The number of H-pyrrole nitrogens is 2. The smallest absolute Gasteiger partial charge is 0.323 e. The number of nitrogens with zero attached hydrogens (tertiary/aromatic N) is 1. The lowest BCUT2D eigenvalue weighted by molar-refractivity contribution is 0.0950. The summed E-state index contributed by atoms with van der Waals surface area (Å²) in [7, 11) is -2.90. The van der Waals surface area contributed by atoms with Crippen molar-refractivity contribution in [2.45, 2.75) is 13.1 Å². The van der Waals surface area contributed by atoms with E-state index in [0.29, 0.717) is 37.3 Å². The fourth-order valence-electron chi connectivity index (χ4n) is 3.45. The third kappa shape index (κ3) is 4.75. The fraction of sp³-hybridized carbons (Fsp3) is 0.300. The monoisotopic (exact) mass is 414 g/mol. The number of sulfone groups is 1. The average molecular weight is 414 g/mol. The van der Waals surface area contributed by atoms with E-state index in [0.717, 1.165) is 16.6 Å². The van der Waals surface area contributed by atoms with Crippen LogP contribution in [0.1, 0.15) is 21.5 Å². The number of imidazole rings is 1. The van der Waals surface area contributed by atoms with Crippen LogP contribution in [-0.2, 0) is 22.9 Å². The van der Waals surface area contributed by atoms with Gasteiger partial charge in [-0.3, -0.25) is 9.69 Å². The summed E-state index contributed by atoms with van der Waals surface area (Å²) in [6.45, 7) is 2.00. The molecule has 9 heteroatoms. The summed E-state index contributed by atoms with van der Waals surface area (Å²) in [5, 5.41) is 2.89. The van der Waals surface area contributed by atoms with Crippen molar-refractivity contribution in [3.63, 3.8) is 0 Å². The number of fused-ring (bicyclic) bond motifs is 1. The Morgan fingerprint density at radius 2 is 1.76 bits per heavy atom. The molecule has 0 bridgehead atoms.